The van der Waals surface area contributed by atoms with Crippen LogP contribution in [0.4, 0.5) is 0 Å². The van der Waals surface area contributed by atoms with Gasteiger partial charge in [0.05, 0.1) is 19.4 Å². The van der Waals surface area contributed by atoms with Crippen LogP contribution < -0.4 is 0 Å². The van der Waals surface area contributed by atoms with Gasteiger partial charge in [-0.15, -0.1) is 0 Å². The summed E-state index contributed by atoms with van der Waals surface area (Å²) in [5.41, 5.74) is 0. The normalized spacial score (nSPS) is 15.5. The summed E-state index contributed by atoms with van der Waals surface area (Å²) in [6, 6.07) is 0. The van der Waals surface area contributed by atoms with E-state index in [9.17, 15) is 4.57 Å². The number of rotatable bonds is 20. The average Bonchev–Trinajstić information content (AvgIpc) is 2.71. The van der Waals surface area contributed by atoms with Gasteiger partial charge in [-0.3, -0.25) is 4.57 Å². The maximum Gasteiger partial charge on any atom is 0.330 e. The van der Waals surface area contributed by atoms with Gasteiger partial charge in [-0.25, -0.2) is 0 Å². The zero-order valence-corrected chi connectivity index (χ0v) is 20.9. The van der Waals surface area contributed by atoms with Gasteiger partial charge in [-0.2, -0.15) is 0 Å². The highest BCUT2D eigenvalue weighted by Gasteiger charge is 2.30. The van der Waals surface area contributed by atoms with Crippen molar-refractivity contribution in [2.75, 3.05) is 19.4 Å². The van der Waals surface area contributed by atoms with E-state index in [1.165, 1.54) is 38.5 Å². The molecule has 0 aromatic carbocycles. The van der Waals surface area contributed by atoms with Crippen molar-refractivity contribution in [1.82, 2.24) is 0 Å². The van der Waals surface area contributed by atoms with E-state index in [0.29, 0.717) is 37.1 Å². The van der Waals surface area contributed by atoms with E-state index in [-0.39, 0.29) is 0 Å². The molecule has 3 atom stereocenters. The first-order valence-corrected chi connectivity index (χ1v) is 14.1. The molecule has 0 N–H and O–H groups in total. The predicted octanol–water partition coefficient (Wildman–Crippen LogP) is 8.86. The fourth-order valence-corrected chi connectivity index (χ4v) is 5.84. The third-order valence-electron chi connectivity index (χ3n) is 6.13. The van der Waals surface area contributed by atoms with Crippen LogP contribution >= 0.6 is 7.60 Å². The Morgan fingerprint density at radius 2 is 0.964 bits per heavy atom. The van der Waals surface area contributed by atoms with Crippen molar-refractivity contribution in [3.8, 4) is 0 Å². The molecule has 0 amide bonds. The van der Waals surface area contributed by atoms with E-state index in [0.717, 1.165) is 38.5 Å². The third kappa shape index (κ3) is 13.4. The van der Waals surface area contributed by atoms with Crippen LogP contribution in [0, 0.1) is 17.8 Å². The number of hydrogen-bond acceptors (Lipinski definition) is 3. The van der Waals surface area contributed by atoms with Gasteiger partial charge in [0.15, 0.2) is 0 Å². The molecule has 0 aliphatic rings. The van der Waals surface area contributed by atoms with E-state index in [2.05, 4.69) is 41.5 Å². The fourth-order valence-electron chi connectivity index (χ4n) is 3.61. The lowest BCUT2D eigenvalue weighted by atomic mass is 10.0. The van der Waals surface area contributed by atoms with Crippen LogP contribution in [0.5, 0.6) is 0 Å². The monoisotopic (exact) mass is 418 g/mol. The first kappa shape index (κ1) is 28.1. The first-order chi connectivity index (χ1) is 13.5. The fraction of sp³-hybridized carbons (Fsp3) is 1.00. The van der Waals surface area contributed by atoms with Crippen LogP contribution in [-0.2, 0) is 13.6 Å². The molecule has 0 aromatic heterocycles. The molecule has 170 valence electrons. The van der Waals surface area contributed by atoms with Crippen molar-refractivity contribution < 1.29 is 13.6 Å². The maximum absolute atomic E-state index is 13.7. The van der Waals surface area contributed by atoms with E-state index in [4.69, 9.17) is 9.05 Å². The van der Waals surface area contributed by atoms with Crippen LogP contribution in [0.15, 0.2) is 0 Å². The summed E-state index contributed by atoms with van der Waals surface area (Å²) in [6.07, 6.45) is 14.5. The molecule has 0 saturated carbocycles. The smallest absolute Gasteiger partial charge is 0.308 e. The second-order valence-electron chi connectivity index (χ2n) is 8.63. The molecule has 0 rings (SSSR count). The highest BCUT2D eigenvalue weighted by Crippen LogP contribution is 2.52. The Balaban J connectivity index is 4.97. The molecule has 0 radical (unpaired) electrons. The van der Waals surface area contributed by atoms with Crippen molar-refractivity contribution in [2.24, 2.45) is 17.8 Å². The van der Waals surface area contributed by atoms with Gasteiger partial charge in [0, 0.05) is 0 Å². The molecule has 4 heteroatoms. The molecule has 28 heavy (non-hydrogen) atoms. The summed E-state index contributed by atoms with van der Waals surface area (Å²) in [6.45, 7) is 14.5. The topological polar surface area (TPSA) is 35.5 Å². The molecular weight excluding hydrogens is 367 g/mol. The SMILES string of the molecule is CCCC[C@@H](CC)CP(=O)(OC[C@@H](CC)CCCC)OC[C@@H](CC)CCCC. The minimum absolute atomic E-state index is 0.442. The third-order valence-corrected chi connectivity index (χ3v) is 8.17. The van der Waals surface area contributed by atoms with Gasteiger partial charge in [-0.05, 0) is 37.0 Å². The van der Waals surface area contributed by atoms with Crippen LogP contribution in [0.2, 0.25) is 0 Å². The van der Waals surface area contributed by atoms with Crippen LogP contribution in [0.1, 0.15) is 119 Å². The van der Waals surface area contributed by atoms with E-state index in [1.807, 2.05) is 0 Å². The van der Waals surface area contributed by atoms with Gasteiger partial charge in [0.1, 0.15) is 0 Å². The Bertz CT molecular complexity index is 362. The summed E-state index contributed by atoms with van der Waals surface area (Å²) in [5, 5.41) is 0. The van der Waals surface area contributed by atoms with Crippen LogP contribution in [-0.4, -0.2) is 19.4 Å². The summed E-state index contributed by atoms with van der Waals surface area (Å²) in [7, 11) is -3.03. The largest absolute Gasteiger partial charge is 0.330 e. The molecular formula is C24H51O3P. The van der Waals surface area contributed by atoms with E-state index >= 15 is 0 Å². The summed E-state index contributed by atoms with van der Waals surface area (Å²) in [4.78, 5) is 0. The summed E-state index contributed by atoms with van der Waals surface area (Å²) >= 11 is 0. The molecule has 0 fully saturated rings. The summed E-state index contributed by atoms with van der Waals surface area (Å²) < 4.78 is 25.9. The minimum Gasteiger partial charge on any atom is -0.308 e. The number of hydrogen-bond donors (Lipinski definition) is 0. The minimum atomic E-state index is -3.03. The molecule has 3 nitrogen and oxygen atoms in total. The van der Waals surface area contributed by atoms with Crippen molar-refractivity contribution in [3.05, 3.63) is 0 Å². The highest BCUT2D eigenvalue weighted by molar-refractivity contribution is 7.53. The summed E-state index contributed by atoms with van der Waals surface area (Å²) in [5.74, 6) is 1.43. The van der Waals surface area contributed by atoms with Crippen LogP contribution in [0.25, 0.3) is 0 Å². The molecule has 0 aliphatic heterocycles. The van der Waals surface area contributed by atoms with E-state index in [1.54, 1.807) is 0 Å². The first-order valence-electron chi connectivity index (χ1n) is 12.4. The average molecular weight is 419 g/mol. The Morgan fingerprint density at radius 1 is 0.607 bits per heavy atom. The zero-order chi connectivity index (χ0) is 21.3. The Kier molecular flexibility index (Phi) is 18.1. The Labute approximate surface area is 177 Å². The Hall–Kier alpha value is 0.150. The van der Waals surface area contributed by atoms with Gasteiger partial charge in [-0.1, -0.05) is 99.3 Å². The van der Waals surface area contributed by atoms with Gasteiger partial charge in [0.2, 0.25) is 0 Å². The lowest BCUT2D eigenvalue weighted by molar-refractivity contribution is 0.148. The molecule has 0 heterocycles. The molecule has 0 spiro atoms. The Morgan fingerprint density at radius 3 is 1.29 bits per heavy atom. The lowest BCUT2D eigenvalue weighted by Crippen LogP contribution is -2.16. The van der Waals surface area contributed by atoms with Crippen molar-refractivity contribution in [1.29, 1.82) is 0 Å². The molecule has 0 unspecified atom stereocenters. The van der Waals surface area contributed by atoms with Crippen molar-refractivity contribution >= 4 is 7.60 Å². The molecule has 0 saturated heterocycles. The lowest BCUT2D eigenvalue weighted by Gasteiger charge is -2.27. The molecule has 0 aliphatic carbocycles. The number of unbranched alkanes of at least 4 members (excludes halogenated alkanes) is 3. The van der Waals surface area contributed by atoms with Gasteiger partial charge >= 0.3 is 7.60 Å². The maximum atomic E-state index is 13.7. The second-order valence-corrected chi connectivity index (χ2v) is 10.7. The van der Waals surface area contributed by atoms with Gasteiger partial charge in [0.25, 0.3) is 0 Å². The standard InChI is InChI=1S/C24H51O3P/c1-7-13-16-22(10-4)19-26-28(25,21-24(12-6)18-15-9-3)27-20-23(11-5)17-14-8-2/h22-24H,7-21H2,1-6H3/t22-,23-,24+/m0/s1. The van der Waals surface area contributed by atoms with E-state index < -0.39 is 7.60 Å². The predicted molar refractivity (Wildman–Crippen MR) is 124 cm³/mol. The van der Waals surface area contributed by atoms with Gasteiger partial charge < -0.3 is 9.05 Å². The second kappa shape index (κ2) is 18.0. The molecule has 0 aromatic rings. The van der Waals surface area contributed by atoms with Crippen molar-refractivity contribution in [3.63, 3.8) is 0 Å². The zero-order valence-electron chi connectivity index (χ0n) is 20.0. The van der Waals surface area contributed by atoms with Crippen LogP contribution in [0.3, 0.4) is 0 Å². The quantitative estimate of drug-likeness (QED) is 0.185. The highest BCUT2D eigenvalue weighted by atomic mass is 31.2. The molecule has 0 bridgehead atoms. The van der Waals surface area contributed by atoms with Crippen molar-refractivity contribution in [2.45, 2.75) is 119 Å².